The van der Waals surface area contributed by atoms with Gasteiger partial charge in [-0.05, 0) is 19.3 Å². The van der Waals surface area contributed by atoms with Crippen LogP contribution in [-0.2, 0) is 14.6 Å². The summed E-state index contributed by atoms with van der Waals surface area (Å²) in [6, 6.07) is 0.439. The number of carbonyl (C=O) groups excluding carboxylic acids is 1. The summed E-state index contributed by atoms with van der Waals surface area (Å²) in [6.45, 7) is 0.581. The first-order valence-corrected chi connectivity index (χ1v) is 9.02. The summed E-state index contributed by atoms with van der Waals surface area (Å²) in [6.07, 6.45) is 3.21. The van der Waals surface area contributed by atoms with Crippen LogP contribution in [0.15, 0.2) is 10.3 Å². The van der Waals surface area contributed by atoms with Crippen LogP contribution in [0.25, 0.3) is 0 Å². The van der Waals surface area contributed by atoms with Crippen LogP contribution in [0.1, 0.15) is 19.3 Å². The maximum absolute atomic E-state index is 11.8. The topological polar surface area (TPSA) is 118 Å². The molecule has 2 rings (SSSR count). The van der Waals surface area contributed by atoms with Crippen LogP contribution < -0.4 is 10.6 Å². The Hall–Kier alpha value is -1.68. The Morgan fingerprint density at radius 1 is 1.48 bits per heavy atom. The van der Waals surface area contributed by atoms with E-state index in [0.717, 1.165) is 36.5 Å². The van der Waals surface area contributed by atoms with E-state index in [-0.39, 0.29) is 20.8 Å². The molecule has 2 heterocycles. The zero-order chi connectivity index (χ0) is 15.6. The second kappa shape index (κ2) is 5.98. The molecule has 1 unspecified atom stereocenters. The van der Waals surface area contributed by atoms with Crippen molar-refractivity contribution in [2.45, 2.75) is 29.5 Å². The molecule has 1 aliphatic rings. The third kappa shape index (κ3) is 3.70. The third-order valence-electron chi connectivity index (χ3n) is 3.09. The lowest BCUT2D eigenvalue weighted by atomic mass is 10.1. The fourth-order valence-electron chi connectivity index (χ4n) is 2.02. The van der Waals surface area contributed by atoms with Gasteiger partial charge in [0.25, 0.3) is 0 Å². The standard InChI is InChI=1S/C11H15N3O5S2/c1-21(18,19)9-6-8(14(16)17)11(20-9)13-7-4-2-3-5-12-10(7)15/h6-7,13H,2-5H2,1H3,(H,12,15). The Kier molecular flexibility index (Phi) is 4.47. The normalized spacial score (nSPS) is 19.7. The molecule has 1 aliphatic heterocycles. The number of rotatable bonds is 4. The van der Waals surface area contributed by atoms with Gasteiger partial charge in [-0.1, -0.05) is 11.3 Å². The second-order valence-electron chi connectivity index (χ2n) is 4.79. The molecular weight excluding hydrogens is 318 g/mol. The number of hydrogen-bond donors (Lipinski definition) is 2. The molecule has 1 aromatic rings. The van der Waals surface area contributed by atoms with Gasteiger partial charge < -0.3 is 10.6 Å². The minimum Gasteiger partial charge on any atom is -0.360 e. The lowest BCUT2D eigenvalue weighted by molar-refractivity contribution is -0.383. The number of amides is 1. The van der Waals surface area contributed by atoms with E-state index in [1.165, 1.54) is 0 Å². The van der Waals surface area contributed by atoms with Gasteiger partial charge in [-0.2, -0.15) is 0 Å². The quantitative estimate of drug-likeness (QED) is 0.630. The highest BCUT2D eigenvalue weighted by molar-refractivity contribution is 7.92. The monoisotopic (exact) mass is 333 g/mol. The van der Waals surface area contributed by atoms with Crippen molar-refractivity contribution >= 4 is 37.8 Å². The molecule has 0 bridgehead atoms. The Morgan fingerprint density at radius 3 is 2.81 bits per heavy atom. The predicted octanol–water partition coefficient (Wildman–Crippen LogP) is 1.14. The molecule has 1 saturated heterocycles. The van der Waals surface area contributed by atoms with E-state index in [0.29, 0.717) is 13.0 Å². The van der Waals surface area contributed by atoms with Gasteiger partial charge in [0.2, 0.25) is 5.91 Å². The van der Waals surface area contributed by atoms with Gasteiger partial charge in [0, 0.05) is 18.9 Å². The zero-order valence-electron chi connectivity index (χ0n) is 11.3. The van der Waals surface area contributed by atoms with Gasteiger partial charge in [-0.3, -0.25) is 14.9 Å². The van der Waals surface area contributed by atoms with Crippen molar-refractivity contribution < 1.29 is 18.1 Å². The molecule has 1 fully saturated rings. The molecule has 1 amide bonds. The number of anilines is 1. The summed E-state index contributed by atoms with van der Waals surface area (Å²) in [4.78, 5) is 22.2. The van der Waals surface area contributed by atoms with Gasteiger partial charge in [0.1, 0.15) is 10.3 Å². The summed E-state index contributed by atoms with van der Waals surface area (Å²) in [7, 11) is -3.53. The number of nitrogens with one attached hydrogen (secondary N) is 2. The zero-order valence-corrected chi connectivity index (χ0v) is 12.9. The molecule has 1 aromatic heterocycles. The molecule has 0 aromatic carbocycles. The molecule has 21 heavy (non-hydrogen) atoms. The van der Waals surface area contributed by atoms with Gasteiger partial charge in [0.15, 0.2) is 14.8 Å². The summed E-state index contributed by atoms with van der Waals surface area (Å²) in [5, 5.41) is 16.7. The molecule has 8 nitrogen and oxygen atoms in total. The molecule has 1 atom stereocenters. The van der Waals surface area contributed by atoms with Crippen molar-refractivity contribution in [2.75, 3.05) is 18.1 Å². The van der Waals surface area contributed by atoms with Crippen molar-refractivity contribution in [1.82, 2.24) is 5.32 Å². The Morgan fingerprint density at radius 2 is 2.19 bits per heavy atom. The Labute approximate surface area is 125 Å². The van der Waals surface area contributed by atoms with E-state index in [1.807, 2.05) is 0 Å². The fourth-order valence-corrected chi connectivity index (χ4v) is 4.01. The Balaban J connectivity index is 2.32. The van der Waals surface area contributed by atoms with Gasteiger partial charge >= 0.3 is 5.69 Å². The number of nitrogens with zero attached hydrogens (tertiary/aromatic N) is 1. The van der Waals surface area contributed by atoms with Crippen molar-refractivity contribution in [3.05, 3.63) is 16.2 Å². The molecule has 0 saturated carbocycles. The molecule has 0 spiro atoms. The van der Waals surface area contributed by atoms with Crippen LogP contribution in [0.3, 0.4) is 0 Å². The minimum atomic E-state index is -3.53. The van der Waals surface area contributed by atoms with Gasteiger partial charge in [0.05, 0.1) is 4.92 Å². The first-order valence-electron chi connectivity index (χ1n) is 6.31. The van der Waals surface area contributed by atoms with Crippen LogP contribution in [0, 0.1) is 10.1 Å². The van der Waals surface area contributed by atoms with Crippen LogP contribution in [0.5, 0.6) is 0 Å². The molecule has 2 N–H and O–H groups in total. The maximum atomic E-state index is 11.8. The lowest BCUT2D eigenvalue weighted by Gasteiger charge is -2.14. The van der Waals surface area contributed by atoms with Crippen LogP contribution in [-0.4, -0.2) is 38.1 Å². The van der Waals surface area contributed by atoms with Crippen LogP contribution in [0.2, 0.25) is 0 Å². The first kappa shape index (κ1) is 15.7. The van der Waals surface area contributed by atoms with E-state index >= 15 is 0 Å². The first-order chi connectivity index (χ1) is 9.79. The van der Waals surface area contributed by atoms with E-state index < -0.39 is 20.8 Å². The van der Waals surface area contributed by atoms with Crippen molar-refractivity contribution in [3.8, 4) is 0 Å². The SMILES string of the molecule is CS(=O)(=O)c1cc([N+](=O)[O-])c(NC2CCCCNC2=O)s1. The van der Waals surface area contributed by atoms with Crippen molar-refractivity contribution in [2.24, 2.45) is 0 Å². The van der Waals surface area contributed by atoms with Crippen LogP contribution >= 0.6 is 11.3 Å². The maximum Gasteiger partial charge on any atom is 0.304 e. The smallest absolute Gasteiger partial charge is 0.304 e. The van der Waals surface area contributed by atoms with E-state index in [4.69, 9.17) is 0 Å². The highest BCUT2D eigenvalue weighted by Gasteiger charge is 2.28. The Bertz CT molecular complexity index is 667. The molecule has 10 heteroatoms. The van der Waals surface area contributed by atoms with E-state index in [1.54, 1.807) is 0 Å². The number of hydrogen-bond acceptors (Lipinski definition) is 7. The summed E-state index contributed by atoms with van der Waals surface area (Å²) >= 11 is 0.777. The lowest BCUT2D eigenvalue weighted by Crippen LogP contribution is -2.37. The van der Waals surface area contributed by atoms with Crippen molar-refractivity contribution in [1.29, 1.82) is 0 Å². The van der Waals surface area contributed by atoms with Gasteiger partial charge in [-0.25, -0.2) is 8.42 Å². The van der Waals surface area contributed by atoms with Crippen LogP contribution in [0.4, 0.5) is 10.7 Å². The highest BCUT2D eigenvalue weighted by Crippen LogP contribution is 2.37. The number of carbonyl (C=O) groups is 1. The average molecular weight is 333 g/mol. The largest absolute Gasteiger partial charge is 0.360 e. The number of sulfone groups is 1. The summed E-state index contributed by atoms with van der Waals surface area (Å²) in [5.74, 6) is -0.226. The summed E-state index contributed by atoms with van der Waals surface area (Å²) < 4.78 is 22.9. The second-order valence-corrected chi connectivity index (χ2v) is 8.09. The van der Waals surface area contributed by atoms with Gasteiger partial charge in [-0.15, -0.1) is 0 Å². The fraction of sp³-hybridized carbons (Fsp3) is 0.545. The highest BCUT2D eigenvalue weighted by atomic mass is 32.2. The molecule has 116 valence electrons. The number of nitro groups is 1. The number of thiophene rings is 1. The van der Waals surface area contributed by atoms with E-state index in [2.05, 4.69) is 10.6 Å². The molecule has 0 aliphatic carbocycles. The molecule has 0 radical (unpaired) electrons. The van der Waals surface area contributed by atoms with E-state index in [9.17, 15) is 23.3 Å². The predicted molar refractivity (Wildman–Crippen MR) is 78.4 cm³/mol. The minimum absolute atomic E-state index is 0.0919. The molecular formula is C11H15N3O5S2. The average Bonchev–Trinajstić information content (AvgIpc) is 2.70. The summed E-state index contributed by atoms with van der Waals surface area (Å²) in [5.41, 5.74) is -0.322. The van der Waals surface area contributed by atoms with Crippen molar-refractivity contribution in [3.63, 3.8) is 0 Å². The third-order valence-corrected chi connectivity index (χ3v) is 5.95.